The predicted molar refractivity (Wildman–Crippen MR) is 65.2 cm³/mol. The first kappa shape index (κ1) is 12.3. The van der Waals surface area contributed by atoms with Crippen molar-refractivity contribution in [2.75, 3.05) is 30.3 Å². The van der Waals surface area contributed by atoms with Crippen molar-refractivity contribution in [1.82, 2.24) is 0 Å². The van der Waals surface area contributed by atoms with Gasteiger partial charge in [0.25, 0.3) is 0 Å². The summed E-state index contributed by atoms with van der Waals surface area (Å²) in [6.07, 6.45) is 0.698. The molecule has 0 atom stereocenters. The Morgan fingerprint density at radius 3 is 2.81 bits per heavy atom. The maximum Gasteiger partial charge on any atom is 0.101 e. The fraction of sp³-hybridized carbons (Fsp3) is 0.417. The van der Waals surface area contributed by atoms with Crippen LogP contribution in [-0.2, 0) is 0 Å². The molecule has 1 aromatic rings. The Balaban J connectivity index is 2.96. The Hall–Kier alpha value is -1.73. The number of benzene rings is 1. The van der Waals surface area contributed by atoms with Crippen LogP contribution in [0.1, 0.15) is 18.9 Å². The minimum atomic E-state index is 0.160. The van der Waals surface area contributed by atoms with E-state index in [1.54, 1.807) is 12.1 Å². The Kier molecular flexibility index (Phi) is 4.62. The third-order valence-electron chi connectivity index (χ3n) is 2.45. The molecule has 0 amide bonds. The van der Waals surface area contributed by atoms with E-state index >= 15 is 0 Å². The molecule has 0 heterocycles. The van der Waals surface area contributed by atoms with Gasteiger partial charge < -0.3 is 15.7 Å². The van der Waals surface area contributed by atoms with Crippen LogP contribution in [0.15, 0.2) is 18.2 Å². The standard InChI is InChI=1S/C12H17N3O/c1-2-15(6-3-7-16)12-5-4-11(14)8-10(12)9-13/h4-5,8,16H,2-3,6-7,14H2,1H3. The van der Waals surface area contributed by atoms with Gasteiger partial charge in [0.05, 0.1) is 11.3 Å². The molecule has 1 aromatic carbocycles. The molecule has 0 saturated carbocycles. The maximum absolute atomic E-state index is 9.03. The maximum atomic E-state index is 9.03. The van der Waals surface area contributed by atoms with Crippen LogP contribution in [0.2, 0.25) is 0 Å². The highest BCUT2D eigenvalue weighted by atomic mass is 16.3. The number of nitrogens with zero attached hydrogens (tertiary/aromatic N) is 2. The van der Waals surface area contributed by atoms with E-state index in [2.05, 4.69) is 11.0 Å². The summed E-state index contributed by atoms with van der Waals surface area (Å²) in [5.41, 5.74) is 7.70. The van der Waals surface area contributed by atoms with Crippen molar-refractivity contribution in [3.05, 3.63) is 23.8 Å². The number of aliphatic hydroxyl groups is 1. The minimum Gasteiger partial charge on any atom is -0.399 e. The number of hydrogen-bond donors (Lipinski definition) is 2. The van der Waals surface area contributed by atoms with Gasteiger partial charge in [0.15, 0.2) is 0 Å². The number of nitrogens with two attached hydrogens (primary N) is 1. The van der Waals surface area contributed by atoms with Gasteiger partial charge in [-0.1, -0.05) is 0 Å². The summed E-state index contributed by atoms with van der Waals surface area (Å²) < 4.78 is 0. The van der Waals surface area contributed by atoms with Gasteiger partial charge in [0, 0.05) is 25.4 Å². The zero-order chi connectivity index (χ0) is 12.0. The second kappa shape index (κ2) is 5.99. The molecule has 16 heavy (non-hydrogen) atoms. The molecule has 3 N–H and O–H groups in total. The monoisotopic (exact) mass is 219 g/mol. The second-order valence-electron chi connectivity index (χ2n) is 3.55. The fourth-order valence-electron chi connectivity index (χ4n) is 1.63. The number of hydrogen-bond acceptors (Lipinski definition) is 4. The Bertz CT molecular complexity index is 384. The van der Waals surface area contributed by atoms with Crippen molar-refractivity contribution in [2.24, 2.45) is 0 Å². The van der Waals surface area contributed by atoms with Crippen molar-refractivity contribution >= 4 is 11.4 Å². The molecule has 0 spiro atoms. The van der Waals surface area contributed by atoms with E-state index < -0.39 is 0 Å². The van der Waals surface area contributed by atoms with Crippen molar-refractivity contribution in [3.8, 4) is 6.07 Å². The normalized spacial score (nSPS) is 9.81. The zero-order valence-corrected chi connectivity index (χ0v) is 9.48. The van der Waals surface area contributed by atoms with E-state index in [-0.39, 0.29) is 6.61 Å². The topological polar surface area (TPSA) is 73.3 Å². The second-order valence-corrected chi connectivity index (χ2v) is 3.55. The molecule has 0 aliphatic heterocycles. The lowest BCUT2D eigenvalue weighted by atomic mass is 10.1. The van der Waals surface area contributed by atoms with Crippen molar-refractivity contribution in [2.45, 2.75) is 13.3 Å². The highest BCUT2D eigenvalue weighted by Crippen LogP contribution is 2.22. The molecule has 0 saturated heterocycles. The molecule has 0 unspecified atom stereocenters. The highest BCUT2D eigenvalue weighted by Gasteiger charge is 2.09. The van der Waals surface area contributed by atoms with Crippen LogP contribution in [0, 0.1) is 11.3 Å². The number of nitriles is 1. The summed E-state index contributed by atoms with van der Waals surface area (Å²) in [5.74, 6) is 0. The summed E-state index contributed by atoms with van der Waals surface area (Å²) in [7, 11) is 0. The minimum absolute atomic E-state index is 0.160. The van der Waals surface area contributed by atoms with Gasteiger partial charge in [0.1, 0.15) is 6.07 Å². The van der Waals surface area contributed by atoms with Crippen LogP contribution < -0.4 is 10.6 Å². The third kappa shape index (κ3) is 2.88. The van der Waals surface area contributed by atoms with E-state index in [0.29, 0.717) is 17.7 Å². The molecular weight excluding hydrogens is 202 g/mol. The van der Waals surface area contributed by atoms with Crippen molar-refractivity contribution in [3.63, 3.8) is 0 Å². The average Bonchev–Trinajstić information content (AvgIpc) is 2.31. The highest BCUT2D eigenvalue weighted by molar-refractivity contribution is 5.64. The molecule has 0 aromatic heterocycles. The van der Waals surface area contributed by atoms with E-state index in [1.807, 2.05) is 13.0 Å². The van der Waals surface area contributed by atoms with Crippen LogP contribution in [0.3, 0.4) is 0 Å². The Morgan fingerprint density at radius 2 is 2.25 bits per heavy atom. The van der Waals surface area contributed by atoms with Crippen LogP contribution in [0.25, 0.3) is 0 Å². The van der Waals surface area contributed by atoms with Crippen LogP contribution in [0.4, 0.5) is 11.4 Å². The van der Waals surface area contributed by atoms with Crippen molar-refractivity contribution < 1.29 is 5.11 Å². The average molecular weight is 219 g/mol. The number of anilines is 2. The van der Waals surface area contributed by atoms with Gasteiger partial charge in [-0.15, -0.1) is 0 Å². The Labute approximate surface area is 95.9 Å². The molecule has 86 valence electrons. The SMILES string of the molecule is CCN(CCCO)c1ccc(N)cc1C#N. The van der Waals surface area contributed by atoms with E-state index in [9.17, 15) is 0 Å². The quantitative estimate of drug-likeness (QED) is 0.733. The van der Waals surface area contributed by atoms with Crippen LogP contribution in [0.5, 0.6) is 0 Å². The first-order chi connectivity index (χ1) is 7.72. The zero-order valence-electron chi connectivity index (χ0n) is 9.48. The molecule has 0 radical (unpaired) electrons. The molecule has 0 aliphatic rings. The van der Waals surface area contributed by atoms with Crippen LogP contribution in [-0.4, -0.2) is 24.8 Å². The molecular formula is C12H17N3O. The number of rotatable bonds is 5. The van der Waals surface area contributed by atoms with Gasteiger partial charge in [-0.05, 0) is 31.5 Å². The number of nitrogen functional groups attached to an aromatic ring is 1. The Morgan fingerprint density at radius 1 is 1.50 bits per heavy atom. The van der Waals surface area contributed by atoms with E-state index in [4.69, 9.17) is 16.1 Å². The summed E-state index contributed by atoms with van der Waals surface area (Å²) >= 11 is 0. The van der Waals surface area contributed by atoms with Gasteiger partial charge >= 0.3 is 0 Å². The molecule has 0 fully saturated rings. The predicted octanol–water partition coefficient (Wildman–Crippen LogP) is 1.35. The fourth-order valence-corrected chi connectivity index (χ4v) is 1.63. The number of aliphatic hydroxyl groups excluding tert-OH is 1. The van der Waals surface area contributed by atoms with Crippen molar-refractivity contribution in [1.29, 1.82) is 5.26 Å². The van der Waals surface area contributed by atoms with Crippen LogP contribution >= 0.6 is 0 Å². The summed E-state index contributed by atoms with van der Waals surface area (Å²) in [5, 5.41) is 17.8. The van der Waals surface area contributed by atoms with E-state index in [0.717, 1.165) is 18.8 Å². The smallest absolute Gasteiger partial charge is 0.101 e. The van der Waals surface area contributed by atoms with Gasteiger partial charge in [0.2, 0.25) is 0 Å². The van der Waals surface area contributed by atoms with Gasteiger partial charge in [-0.2, -0.15) is 5.26 Å². The third-order valence-corrected chi connectivity index (χ3v) is 2.45. The molecule has 4 heteroatoms. The first-order valence-electron chi connectivity index (χ1n) is 5.38. The summed E-state index contributed by atoms with van der Waals surface area (Å²) in [6.45, 7) is 3.73. The molecule has 0 bridgehead atoms. The first-order valence-corrected chi connectivity index (χ1v) is 5.38. The summed E-state index contributed by atoms with van der Waals surface area (Å²) in [6, 6.07) is 7.47. The van der Waals surface area contributed by atoms with E-state index in [1.165, 1.54) is 0 Å². The lowest BCUT2D eigenvalue weighted by Crippen LogP contribution is -2.25. The lowest BCUT2D eigenvalue weighted by Gasteiger charge is -2.23. The largest absolute Gasteiger partial charge is 0.399 e. The summed E-state index contributed by atoms with van der Waals surface area (Å²) in [4.78, 5) is 2.06. The van der Waals surface area contributed by atoms with Gasteiger partial charge in [-0.3, -0.25) is 0 Å². The van der Waals surface area contributed by atoms with Gasteiger partial charge in [-0.25, -0.2) is 0 Å². The molecule has 0 aliphatic carbocycles. The molecule has 1 rings (SSSR count). The lowest BCUT2D eigenvalue weighted by molar-refractivity contribution is 0.289. The molecule has 4 nitrogen and oxygen atoms in total.